The number of aromatic nitrogens is 1. The van der Waals surface area contributed by atoms with Crippen molar-refractivity contribution in [3.63, 3.8) is 0 Å². The third-order valence-corrected chi connectivity index (χ3v) is 6.24. The molecule has 3 aromatic rings. The van der Waals surface area contributed by atoms with Crippen molar-refractivity contribution in [2.45, 2.75) is 25.2 Å². The maximum atomic E-state index is 12.6. The van der Waals surface area contributed by atoms with Crippen molar-refractivity contribution in [3.05, 3.63) is 65.2 Å². The lowest BCUT2D eigenvalue weighted by Gasteiger charge is -2.09. The summed E-state index contributed by atoms with van der Waals surface area (Å²) in [4.78, 5) is 16.6. The smallest absolute Gasteiger partial charge is 0.264 e. The maximum Gasteiger partial charge on any atom is 0.264 e. The molecule has 8 heteroatoms. The minimum absolute atomic E-state index is 0.0258. The van der Waals surface area contributed by atoms with Crippen LogP contribution in [0.25, 0.3) is 10.6 Å². The summed E-state index contributed by atoms with van der Waals surface area (Å²) in [7, 11) is -3.97. The maximum absolute atomic E-state index is 12.6. The van der Waals surface area contributed by atoms with Crippen LogP contribution in [0.2, 0.25) is 0 Å². The number of amides is 1. The number of hydrogen-bond donors (Lipinski definition) is 1. The number of carbonyl (C=O) groups excluding carboxylic acids is 1. The van der Waals surface area contributed by atoms with Crippen molar-refractivity contribution < 1.29 is 17.9 Å². The first-order chi connectivity index (χ1) is 13.4. The van der Waals surface area contributed by atoms with Crippen LogP contribution >= 0.6 is 11.3 Å². The first kappa shape index (κ1) is 20.0. The SMILES string of the molecule is CCOc1ccc(CC(=O)NS(=O)(=O)c2cccc(-c3nc(C)cs3)c2)cc1. The molecule has 0 atom stereocenters. The van der Waals surface area contributed by atoms with Gasteiger partial charge in [-0.3, -0.25) is 4.79 Å². The Bertz CT molecular complexity index is 1070. The Morgan fingerprint density at radius 2 is 1.93 bits per heavy atom. The van der Waals surface area contributed by atoms with Crippen molar-refractivity contribution in [2.24, 2.45) is 0 Å². The molecule has 0 aliphatic carbocycles. The fraction of sp³-hybridized carbons (Fsp3) is 0.200. The summed E-state index contributed by atoms with van der Waals surface area (Å²) < 4.78 is 32.7. The Kier molecular flexibility index (Phi) is 6.11. The molecule has 1 N–H and O–H groups in total. The molecule has 0 unspecified atom stereocenters. The zero-order chi connectivity index (χ0) is 20.1. The summed E-state index contributed by atoms with van der Waals surface area (Å²) in [6.07, 6.45) is -0.0446. The van der Waals surface area contributed by atoms with Crippen molar-refractivity contribution in [1.82, 2.24) is 9.71 Å². The minimum atomic E-state index is -3.97. The summed E-state index contributed by atoms with van der Waals surface area (Å²) in [6.45, 7) is 4.32. The van der Waals surface area contributed by atoms with Gasteiger partial charge in [0.2, 0.25) is 5.91 Å². The molecule has 2 aromatic carbocycles. The second-order valence-electron chi connectivity index (χ2n) is 6.10. The van der Waals surface area contributed by atoms with Crippen LogP contribution in [0.4, 0.5) is 0 Å². The molecule has 0 saturated heterocycles. The number of carbonyl (C=O) groups is 1. The Balaban J connectivity index is 1.71. The number of aryl methyl sites for hydroxylation is 1. The first-order valence-electron chi connectivity index (χ1n) is 8.67. The number of sulfonamides is 1. The van der Waals surface area contributed by atoms with E-state index in [1.54, 1.807) is 36.4 Å². The van der Waals surface area contributed by atoms with E-state index in [9.17, 15) is 13.2 Å². The molecule has 0 saturated carbocycles. The Hall–Kier alpha value is -2.71. The molecule has 3 rings (SSSR count). The predicted octanol–water partition coefficient (Wildman–Crippen LogP) is 3.56. The van der Waals surface area contributed by atoms with Gasteiger partial charge in [-0.05, 0) is 43.7 Å². The Morgan fingerprint density at radius 1 is 1.18 bits per heavy atom. The topological polar surface area (TPSA) is 85.4 Å². The molecule has 0 aliphatic heterocycles. The van der Waals surface area contributed by atoms with Crippen LogP contribution < -0.4 is 9.46 Å². The van der Waals surface area contributed by atoms with Gasteiger partial charge in [-0.2, -0.15) is 0 Å². The third-order valence-electron chi connectivity index (χ3n) is 3.86. The summed E-state index contributed by atoms with van der Waals surface area (Å²) in [5.74, 6) is 0.105. The standard InChI is InChI=1S/C20H20N2O4S2/c1-3-26-17-9-7-15(8-10-17)11-19(23)22-28(24,25)18-6-4-5-16(12-18)20-21-14(2)13-27-20/h4-10,12-13H,3,11H2,1-2H3,(H,22,23). The molecule has 0 radical (unpaired) electrons. The minimum Gasteiger partial charge on any atom is -0.494 e. The van der Waals surface area contributed by atoms with Gasteiger partial charge in [0, 0.05) is 16.6 Å². The van der Waals surface area contributed by atoms with E-state index in [-0.39, 0.29) is 11.3 Å². The van der Waals surface area contributed by atoms with Crippen LogP contribution in [-0.4, -0.2) is 25.9 Å². The van der Waals surface area contributed by atoms with Gasteiger partial charge in [-0.15, -0.1) is 11.3 Å². The van der Waals surface area contributed by atoms with Crippen molar-refractivity contribution in [2.75, 3.05) is 6.61 Å². The first-order valence-corrected chi connectivity index (χ1v) is 11.0. The molecule has 1 aromatic heterocycles. The van der Waals surface area contributed by atoms with Crippen LogP contribution in [0.1, 0.15) is 18.2 Å². The lowest BCUT2D eigenvalue weighted by molar-refractivity contribution is -0.118. The molecular formula is C20H20N2O4S2. The number of ether oxygens (including phenoxy) is 1. The van der Waals surface area contributed by atoms with Crippen LogP contribution in [0.15, 0.2) is 58.8 Å². The van der Waals surface area contributed by atoms with E-state index in [4.69, 9.17) is 4.74 Å². The highest BCUT2D eigenvalue weighted by Crippen LogP contribution is 2.25. The fourth-order valence-electron chi connectivity index (χ4n) is 2.58. The molecule has 1 amide bonds. The highest BCUT2D eigenvalue weighted by atomic mass is 32.2. The molecule has 6 nitrogen and oxygen atoms in total. The molecular weight excluding hydrogens is 396 g/mol. The molecule has 0 aliphatic rings. The van der Waals surface area contributed by atoms with Crippen LogP contribution in [-0.2, 0) is 21.2 Å². The average molecular weight is 417 g/mol. The monoisotopic (exact) mass is 416 g/mol. The third kappa shape index (κ3) is 4.96. The number of nitrogens with zero attached hydrogens (tertiary/aromatic N) is 1. The van der Waals surface area contributed by atoms with Crippen molar-refractivity contribution >= 4 is 27.3 Å². The number of rotatable bonds is 7. The van der Waals surface area contributed by atoms with E-state index in [0.717, 1.165) is 10.7 Å². The lowest BCUT2D eigenvalue weighted by Crippen LogP contribution is -2.31. The number of thiazole rings is 1. The van der Waals surface area contributed by atoms with Gasteiger partial charge in [-0.1, -0.05) is 24.3 Å². The lowest BCUT2D eigenvalue weighted by atomic mass is 10.1. The van der Waals surface area contributed by atoms with E-state index in [0.29, 0.717) is 23.5 Å². The van der Waals surface area contributed by atoms with E-state index in [1.807, 2.05) is 19.2 Å². The summed E-state index contributed by atoms with van der Waals surface area (Å²) >= 11 is 1.44. The largest absolute Gasteiger partial charge is 0.494 e. The van der Waals surface area contributed by atoms with Crippen LogP contribution in [0, 0.1) is 6.92 Å². The summed E-state index contributed by atoms with van der Waals surface area (Å²) in [5.41, 5.74) is 2.26. The number of benzene rings is 2. The normalized spacial score (nSPS) is 11.2. The van der Waals surface area contributed by atoms with E-state index in [1.165, 1.54) is 23.5 Å². The predicted molar refractivity (Wildman–Crippen MR) is 109 cm³/mol. The number of nitrogens with one attached hydrogen (secondary N) is 1. The summed E-state index contributed by atoms with van der Waals surface area (Å²) in [5, 5.41) is 2.63. The molecule has 0 fully saturated rings. The molecule has 0 spiro atoms. The van der Waals surface area contributed by atoms with Gasteiger partial charge in [-0.25, -0.2) is 18.1 Å². The van der Waals surface area contributed by atoms with Gasteiger partial charge in [0.25, 0.3) is 10.0 Å². The van der Waals surface area contributed by atoms with Crippen molar-refractivity contribution in [1.29, 1.82) is 0 Å². The molecule has 146 valence electrons. The van der Waals surface area contributed by atoms with Crippen molar-refractivity contribution in [3.8, 4) is 16.3 Å². The van der Waals surface area contributed by atoms with Gasteiger partial charge < -0.3 is 4.74 Å². The second-order valence-corrected chi connectivity index (χ2v) is 8.64. The summed E-state index contributed by atoms with van der Waals surface area (Å²) in [6, 6.07) is 13.4. The zero-order valence-corrected chi connectivity index (χ0v) is 17.1. The highest BCUT2D eigenvalue weighted by Gasteiger charge is 2.19. The van der Waals surface area contributed by atoms with E-state index < -0.39 is 15.9 Å². The van der Waals surface area contributed by atoms with Gasteiger partial charge in [0.15, 0.2) is 0 Å². The Morgan fingerprint density at radius 3 is 2.57 bits per heavy atom. The van der Waals surface area contributed by atoms with E-state index in [2.05, 4.69) is 9.71 Å². The van der Waals surface area contributed by atoms with Crippen LogP contribution in [0.5, 0.6) is 5.75 Å². The van der Waals surface area contributed by atoms with Gasteiger partial charge in [0.05, 0.1) is 17.9 Å². The number of hydrogen-bond acceptors (Lipinski definition) is 6. The van der Waals surface area contributed by atoms with Gasteiger partial charge in [0.1, 0.15) is 10.8 Å². The quantitative estimate of drug-likeness (QED) is 0.636. The highest BCUT2D eigenvalue weighted by molar-refractivity contribution is 7.90. The Labute approximate surface area is 168 Å². The molecule has 28 heavy (non-hydrogen) atoms. The fourth-order valence-corrected chi connectivity index (χ4v) is 4.41. The molecule has 0 bridgehead atoms. The van der Waals surface area contributed by atoms with Gasteiger partial charge >= 0.3 is 0 Å². The van der Waals surface area contributed by atoms with Crippen LogP contribution in [0.3, 0.4) is 0 Å². The second kappa shape index (κ2) is 8.53. The average Bonchev–Trinajstić information content (AvgIpc) is 3.10. The zero-order valence-electron chi connectivity index (χ0n) is 15.5. The molecule has 1 heterocycles. The van der Waals surface area contributed by atoms with E-state index >= 15 is 0 Å².